The van der Waals surface area contributed by atoms with Crippen molar-refractivity contribution in [2.75, 3.05) is 0 Å². The third-order valence-corrected chi connectivity index (χ3v) is 2.71. The Bertz CT molecular complexity index is 284. The molecule has 1 aromatic rings. The van der Waals surface area contributed by atoms with Crippen LogP contribution in [0.3, 0.4) is 0 Å². The van der Waals surface area contributed by atoms with Crippen LogP contribution in [0.15, 0.2) is 18.2 Å². The second-order valence-electron chi connectivity index (χ2n) is 4.43. The lowest BCUT2D eigenvalue weighted by atomic mass is 9.99. The fourth-order valence-corrected chi connectivity index (χ4v) is 1.96. The Labute approximate surface area is 93.1 Å². The molecule has 0 spiro atoms. The van der Waals surface area contributed by atoms with Crippen LogP contribution < -0.4 is 0 Å². The first kappa shape index (κ1) is 12.3. The van der Waals surface area contributed by atoms with Crippen molar-refractivity contribution in [3.8, 4) is 0 Å². The van der Waals surface area contributed by atoms with Gasteiger partial charge < -0.3 is 5.11 Å². The first-order valence-electron chi connectivity index (χ1n) is 5.89. The van der Waals surface area contributed by atoms with E-state index in [1.165, 1.54) is 24.0 Å². The normalized spacial score (nSPS) is 12.8. The maximum absolute atomic E-state index is 10.00. The molecule has 1 rings (SSSR count). The summed E-state index contributed by atoms with van der Waals surface area (Å²) in [5, 5.41) is 10.00. The van der Waals surface area contributed by atoms with Gasteiger partial charge in [-0.1, -0.05) is 55.5 Å². The van der Waals surface area contributed by atoms with E-state index in [9.17, 15) is 5.11 Å². The van der Waals surface area contributed by atoms with Gasteiger partial charge in [0.1, 0.15) is 0 Å². The van der Waals surface area contributed by atoms with Gasteiger partial charge in [-0.2, -0.15) is 0 Å². The molecule has 15 heavy (non-hydrogen) atoms. The molecule has 0 heterocycles. The zero-order valence-corrected chi connectivity index (χ0v) is 10.1. The van der Waals surface area contributed by atoms with Crippen LogP contribution in [0, 0.1) is 13.8 Å². The topological polar surface area (TPSA) is 20.2 Å². The van der Waals surface area contributed by atoms with Crippen LogP contribution >= 0.6 is 0 Å². The molecule has 1 aromatic carbocycles. The van der Waals surface area contributed by atoms with Crippen LogP contribution in [0.25, 0.3) is 0 Å². The Kier molecular flexibility index (Phi) is 4.83. The molecule has 0 saturated heterocycles. The second-order valence-corrected chi connectivity index (χ2v) is 4.43. The molecule has 1 nitrogen and oxygen atoms in total. The molecule has 1 heteroatoms. The summed E-state index contributed by atoms with van der Waals surface area (Å²) in [5.74, 6) is 0. The number of aliphatic hydroxyl groups excluding tert-OH is 1. The standard InChI is InChI=1S/C14H22O/c1-4-5-6-7-14(15)13-9-11(2)8-12(3)10-13/h8-10,14-15H,4-7H2,1-3H3. The molecule has 0 aliphatic carbocycles. The number of unbranched alkanes of at least 4 members (excludes halogenated alkanes) is 2. The summed E-state index contributed by atoms with van der Waals surface area (Å²) in [6, 6.07) is 6.31. The van der Waals surface area contributed by atoms with Gasteiger partial charge in [-0.05, 0) is 25.8 Å². The van der Waals surface area contributed by atoms with Crippen LogP contribution in [0.5, 0.6) is 0 Å². The zero-order valence-electron chi connectivity index (χ0n) is 10.1. The van der Waals surface area contributed by atoms with Crippen molar-refractivity contribution in [3.05, 3.63) is 34.9 Å². The minimum absolute atomic E-state index is 0.282. The number of hydrogen-bond acceptors (Lipinski definition) is 1. The molecule has 0 amide bonds. The molecule has 0 aliphatic heterocycles. The lowest BCUT2D eigenvalue weighted by molar-refractivity contribution is 0.163. The maximum Gasteiger partial charge on any atom is 0.0790 e. The molecule has 0 aliphatic rings. The molecule has 0 fully saturated rings. The smallest absolute Gasteiger partial charge is 0.0790 e. The molecular weight excluding hydrogens is 184 g/mol. The van der Waals surface area contributed by atoms with Gasteiger partial charge >= 0.3 is 0 Å². The highest BCUT2D eigenvalue weighted by Gasteiger charge is 2.07. The summed E-state index contributed by atoms with van der Waals surface area (Å²) in [6.45, 7) is 6.34. The zero-order chi connectivity index (χ0) is 11.3. The highest BCUT2D eigenvalue weighted by atomic mass is 16.3. The average Bonchev–Trinajstić information content (AvgIpc) is 2.16. The predicted octanol–water partition coefficient (Wildman–Crippen LogP) is 3.92. The minimum Gasteiger partial charge on any atom is -0.388 e. The van der Waals surface area contributed by atoms with E-state index < -0.39 is 0 Å². The van der Waals surface area contributed by atoms with Crippen LogP contribution in [0.2, 0.25) is 0 Å². The second kappa shape index (κ2) is 5.92. The largest absolute Gasteiger partial charge is 0.388 e. The van der Waals surface area contributed by atoms with Gasteiger partial charge in [0.05, 0.1) is 6.10 Å². The van der Waals surface area contributed by atoms with Crippen molar-refractivity contribution in [2.24, 2.45) is 0 Å². The molecule has 0 radical (unpaired) electrons. The van der Waals surface area contributed by atoms with Gasteiger partial charge in [0.15, 0.2) is 0 Å². The Balaban J connectivity index is 2.60. The number of rotatable bonds is 5. The SMILES string of the molecule is CCCCCC(O)c1cc(C)cc(C)c1. The van der Waals surface area contributed by atoms with E-state index in [0.717, 1.165) is 18.4 Å². The van der Waals surface area contributed by atoms with E-state index in [2.05, 4.69) is 39.0 Å². The van der Waals surface area contributed by atoms with Gasteiger partial charge in [-0.15, -0.1) is 0 Å². The Hall–Kier alpha value is -0.820. The average molecular weight is 206 g/mol. The van der Waals surface area contributed by atoms with E-state index >= 15 is 0 Å². The van der Waals surface area contributed by atoms with E-state index in [1.54, 1.807) is 0 Å². The van der Waals surface area contributed by atoms with Gasteiger partial charge in [-0.3, -0.25) is 0 Å². The molecule has 1 N–H and O–H groups in total. The molecular formula is C14H22O. The van der Waals surface area contributed by atoms with Gasteiger partial charge in [0.2, 0.25) is 0 Å². The summed E-state index contributed by atoms with van der Waals surface area (Å²) in [5.41, 5.74) is 3.54. The predicted molar refractivity (Wildman–Crippen MR) is 65.0 cm³/mol. The van der Waals surface area contributed by atoms with Crippen LogP contribution in [0.4, 0.5) is 0 Å². The van der Waals surface area contributed by atoms with Crippen LogP contribution in [-0.2, 0) is 0 Å². The Morgan fingerprint density at radius 1 is 1.07 bits per heavy atom. The van der Waals surface area contributed by atoms with E-state index in [1.807, 2.05) is 0 Å². The fraction of sp³-hybridized carbons (Fsp3) is 0.571. The lowest BCUT2D eigenvalue weighted by Gasteiger charge is -2.12. The number of hydrogen-bond donors (Lipinski definition) is 1. The molecule has 1 unspecified atom stereocenters. The molecule has 0 aromatic heterocycles. The van der Waals surface area contributed by atoms with Gasteiger partial charge in [-0.25, -0.2) is 0 Å². The molecule has 1 atom stereocenters. The first-order valence-corrected chi connectivity index (χ1v) is 5.89. The van der Waals surface area contributed by atoms with E-state index in [-0.39, 0.29) is 6.10 Å². The summed E-state index contributed by atoms with van der Waals surface area (Å²) < 4.78 is 0. The van der Waals surface area contributed by atoms with Gasteiger partial charge in [0.25, 0.3) is 0 Å². The quantitative estimate of drug-likeness (QED) is 0.724. The maximum atomic E-state index is 10.00. The Morgan fingerprint density at radius 3 is 2.20 bits per heavy atom. The van der Waals surface area contributed by atoms with Gasteiger partial charge in [0, 0.05) is 0 Å². The number of aliphatic hydroxyl groups is 1. The first-order chi connectivity index (χ1) is 7.13. The van der Waals surface area contributed by atoms with Crippen molar-refractivity contribution < 1.29 is 5.11 Å². The van der Waals surface area contributed by atoms with Crippen molar-refractivity contribution in [2.45, 2.75) is 52.6 Å². The highest BCUT2D eigenvalue weighted by molar-refractivity contribution is 5.29. The summed E-state index contributed by atoms with van der Waals surface area (Å²) in [7, 11) is 0. The lowest BCUT2D eigenvalue weighted by Crippen LogP contribution is -1.98. The molecule has 84 valence electrons. The monoisotopic (exact) mass is 206 g/mol. The van der Waals surface area contributed by atoms with E-state index in [4.69, 9.17) is 0 Å². The number of benzene rings is 1. The summed E-state index contributed by atoms with van der Waals surface area (Å²) in [6.07, 6.45) is 4.14. The summed E-state index contributed by atoms with van der Waals surface area (Å²) >= 11 is 0. The Morgan fingerprint density at radius 2 is 1.67 bits per heavy atom. The van der Waals surface area contributed by atoms with Crippen molar-refractivity contribution in [1.82, 2.24) is 0 Å². The number of aryl methyl sites for hydroxylation is 2. The van der Waals surface area contributed by atoms with Crippen molar-refractivity contribution in [1.29, 1.82) is 0 Å². The van der Waals surface area contributed by atoms with Crippen molar-refractivity contribution in [3.63, 3.8) is 0 Å². The molecule has 0 bridgehead atoms. The minimum atomic E-state index is -0.282. The van der Waals surface area contributed by atoms with Crippen LogP contribution in [-0.4, -0.2) is 5.11 Å². The molecule has 0 saturated carbocycles. The van der Waals surface area contributed by atoms with Crippen molar-refractivity contribution >= 4 is 0 Å². The third kappa shape index (κ3) is 4.05. The van der Waals surface area contributed by atoms with E-state index in [0.29, 0.717) is 0 Å². The summed E-state index contributed by atoms with van der Waals surface area (Å²) in [4.78, 5) is 0. The highest BCUT2D eigenvalue weighted by Crippen LogP contribution is 2.21. The third-order valence-electron chi connectivity index (χ3n) is 2.71. The fourth-order valence-electron chi connectivity index (χ4n) is 1.96. The van der Waals surface area contributed by atoms with Crippen LogP contribution in [0.1, 0.15) is 55.4 Å².